The summed E-state index contributed by atoms with van der Waals surface area (Å²) < 4.78 is 11.4. The molecule has 6 heteroatoms. The fourth-order valence-electron chi connectivity index (χ4n) is 2.68. The molecule has 5 nitrogen and oxygen atoms in total. The van der Waals surface area contributed by atoms with Crippen molar-refractivity contribution in [3.8, 4) is 5.75 Å². The first-order chi connectivity index (χ1) is 11.6. The van der Waals surface area contributed by atoms with Gasteiger partial charge in [0.1, 0.15) is 17.4 Å². The van der Waals surface area contributed by atoms with Gasteiger partial charge in [0.25, 0.3) is 0 Å². The fourth-order valence-corrected chi connectivity index (χ4v) is 3.38. The van der Waals surface area contributed by atoms with Crippen LogP contribution < -0.4 is 4.74 Å². The van der Waals surface area contributed by atoms with Crippen LogP contribution in [0.2, 0.25) is 0 Å². The Morgan fingerprint density at radius 2 is 2.17 bits per heavy atom. The van der Waals surface area contributed by atoms with Crippen LogP contribution in [0, 0.1) is 6.92 Å². The zero-order chi connectivity index (χ0) is 16.9. The van der Waals surface area contributed by atoms with Gasteiger partial charge in [-0.3, -0.25) is 4.90 Å². The Morgan fingerprint density at radius 3 is 2.92 bits per heavy atom. The van der Waals surface area contributed by atoms with Gasteiger partial charge < -0.3 is 14.6 Å². The minimum atomic E-state index is -0.0934. The van der Waals surface area contributed by atoms with Gasteiger partial charge in [0, 0.05) is 24.5 Å². The highest BCUT2D eigenvalue weighted by Gasteiger charge is 2.26. The number of benzene rings is 1. The van der Waals surface area contributed by atoms with Gasteiger partial charge in [-0.25, -0.2) is 4.98 Å². The number of morpholine rings is 1. The van der Waals surface area contributed by atoms with E-state index < -0.39 is 0 Å². The Bertz CT molecular complexity index is 644. The summed E-state index contributed by atoms with van der Waals surface area (Å²) in [5, 5.41) is 12.3. The third-order valence-electron chi connectivity index (χ3n) is 4.19. The summed E-state index contributed by atoms with van der Waals surface area (Å²) in [6, 6.07) is 8.38. The second kappa shape index (κ2) is 8.07. The summed E-state index contributed by atoms with van der Waals surface area (Å²) in [4.78, 5) is 6.98. The highest BCUT2D eigenvalue weighted by Crippen LogP contribution is 2.19. The van der Waals surface area contributed by atoms with E-state index in [1.807, 2.05) is 24.3 Å². The lowest BCUT2D eigenvalue weighted by molar-refractivity contribution is -0.0808. The van der Waals surface area contributed by atoms with Crippen LogP contribution in [0.1, 0.15) is 23.2 Å². The van der Waals surface area contributed by atoms with Crippen molar-refractivity contribution in [3.63, 3.8) is 0 Å². The summed E-state index contributed by atoms with van der Waals surface area (Å²) in [5.74, 6) is 0.866. The zero-order valence-electron chi connectivity index (χ0n) is 14.1. The molecule has 1 fully saturated rings. The van der Waals surface area contributed by atoms with Crippen LogP contribution in [0.4, 0.5) is 0 Å². The number of rotatable bonds is 6. The molecule has 3 rings (SSSR count). The van der Waals surface area contributed by atoms with Gasteiger partial charge in [-0.2, -0.15) is 0 Å². The second-order valence-corrected chi connectivity index (χ2v) is 7.19. The van der Waals surface area contributed by atoms with Crippen LogP contribution in [0.25, 0.3) is 0 Å². The number of nitrogens with zero attached hydrogens (tertiary/aromatic N) is 2. The van der Waals surface area contributed by atoms with Crippen molar-refractivity contribution in [2.45, 2.75) is 39.1 Å². The summed E-state index contributed by atoms with van der Waals surface area (Å²) in [6.45, 7) is 6.93. The first-order valence-electron chi connectivity index (χ1n) is 8.23. The average Bonchev–Trinajstić information content (AvgIpc) is 3.04. The van der Waals surface area contributed by atoms with Crippen LogP contribution in [0.15, 0.2) is 29.6 Å². The van der Waals surface area contributed by atoms with Gasteiger partial charge in [0.2, 0.25) is 0 Å². The molecule has 0 bridgehead atoms. The topological polar surface area (TPSA) is 54.8 Å². The first kappa shape index (κ1) is 17.4. The van der Waals surface area contributed by atoms with E-state index in [1.54, 1.807) is 11.3 Å². The van der Waals surface area contributed by atoms with E-state index in [9.17, 15) is 5.11 Å². The lowest BCUT2D eigenvalue weighted by Gasteiger charge is -2.36. The van der Waals surface area contributed by atoms with Crippen molar-refractivity contribution in [1.82, 2.24) is 9.88 Å². The molecule has 2 atom stereocenters. The molecule has 2 aromatic rings. The van der Waals surface area contributed by atoms with Crippen molar-refractivity contribution in [2.75, 3.05) is 19.8 Å². The number of ether oxygens (including phenoxy) is 2. The lowest BCUT2D eigenvalue weighted by Crippen LogP contribution is -2.48. The quantitative estimate of drug-likeness (QED) is 0.870. The van der Waals surface area contributed by atoms with Gasteiger partial charge in [-0.15, -0.1) is 11.3 Å². The molecule has 1 aliphatic rings. The van der Waals surface area contributed by atoms with Crippen molar-refractivity contribution < 1.29 is 14.6 Å². The van der Waals surface area contributed by atoms with E-state index in [0.717, 1.165) is 29.5 Å². The molecule has 1 aromatic heterocycles. The van der Waals surface area contributed by atoms with Gasteiger partial charge in [0.05, 0.1) is 25.0 Å². The van der Waals surface area contributed by atoms with E-state index in [-0.39, 0.29) is 12.7 Å². The summed E-state index contributed by atoms with van der Waals surface area (Å²) in [5.41, 5.74) is 2.27. The van der Waals surface area contributed by atoms with Crippen molar-refractivity contribution >= 4 is 11.3 Å². The fraction of sp³-hybridized carbons (Fsp3) is 0.500. The molecule has 0 spiro atoms. The van der Waals surface area contributed by atoms with E-state index in [4.69, 9.17) is 9.47 Å². The monoisotopic (exact) mass is 348 g/mol. The van der Waals surface area contributed by atoms with Crippen molar-refractivity contribution in [2.24, 2.45) is 0 Å². The van der Waals surface area contributed by atoms with Crippen molar-refractivity contribution in [1.29, 1.82) is 0 Å². The zero-order valence-corrected chi connectivity index (χ0v) is 15.0. The van der Waals surface area contributed by atoms with Gasteiger partial charge in [-0.1, -0.05) is 17.7 Å². The van der Waals surface area contributed by atoms with Gasteiger partial charge >= 0.3 is 0 Å². The number of hydrogen-bond donors (Lipinski definition) is 1. The van der Waals surface area contributed by atoms with E-state index >= 15 is 0 Å². The molecule has 0 radical (unpaired) electrons. The number of thiazole rings is 1. The number of aliphatic hydroxyl groups is 1. The number of aryl methyl sites for hydroxylation is 1. The van der Waals surface area contributed by atoms with Crippen molar-refractivity contribution in [3.05, 3.63) is 45.9 Å². The smallest absolute Gasteiger partial charge is 0.140 e. The molecule has 1 aromatic carbocycles. The van der Waals surface area contributed by atoms with Crippen LogP contribution in [0.5, 0.6) is 5.75 Å². The maximum atomic E-state index is 9.28. The highest BCUT2D eigenvalue weighted by atomic mass is 32.1. The largest absolute Gasteiger partial charge is 0.486 e. The second-order valence-electron chi connectivity index (χ2n) is 6.25. The van der Waals surface area contributed by atoms with Gasteiger partial charge in [-0.05, 0) is 26.0 Å². The molecule has 2 heterocycles. The standard InChI is InChI=1S/C18H24N2O3S/c1-13-3-5-16(6-4-13)23-11-18-19-15(12-24-18)7-20-8-17(9-21)22-10-14(20)2/h3-6,12,14,17,21H,7-11H2,1-2H3. The molecular weight excluding hydrogens is 324 g/mol. The van der Waals surface area contributed by atoms with E-state index in [1.165, 1.54) is 5.56 Å². The summed E-state index contributed by atoms with van der Waals surface area (Å²) in [6.07, 6.45) is -0.0934. The Kier molecular flexibility index (Phi) is 5.84. The summed E-state index contributed by atoms with van der Waals surface area (Å²) in [7, 11) is 0. The molecule has 1 saturated heterocycles. The highest BCUT2D eigenvalue weighted by molar-refractivity contribution is 7.09. The average molecular weight is 348 g/mol. The molecular formula is C18H24N2O3S. The molecule has 2 unspecified atom stereocenters. The summed E-state index contributed by atoms with van der Waals surface area (Å²) >= 11 is 1.62. The van der Waals surface area contributed by atoms with Gasteiger partial charge in [0.15, 0.2) is 0 Å². The van der Waals surface area contributed by atoms with Crippen LogP contribution in [-0.4, -0.2) is 46.9 Å². The predicted molar refractivity (Wildman–Crippen MR) is 94.3 cm³/mol. The number of hydrogen-bond acceptors (Lipinski definition) is 6. The third kappa shape index (κ3) is 4.54. The Hall–Kier alpha value is -1.47. The predicted octanol–water partition coefficient (Wildman–Crippen LogP) is 2.61. The molecule has 0 amide bonds. The maximum Gasteiger partial charge on any atom is 0.140 e. The number of aliphatic hydroxyl groups excluding tert-OH is 1. The molecule has 130 valence electrons. The molecule has 1 aliphatic heterocycles. The van der Waals surface area contributed by atoms with E-state index in [2.05, 4.69) is 29.1 Å². The maximum absolute atomic E-state index is 9.28. The third-order valence-corrected chi connectivity index (χ3v) is 5.06. The van der Waals surface area contributed by atoms with Crippen LogP contribution in [0.3, 0.4) is 0 Å². The molecule has 0 saturated carbocycles. The first-order valence-corrected chi connectivity index (χ1v) is 9.11. The number of aromatic nitrogens is 1. The lowest BCUT2D eigenvalue weighted by atomic mass is 10.2. The molecule has 0 aliphatic carbocycles. The Balaban J connectivity index is 1.54. The molecule has 1 N–H and O–H groups in total. The minimum Gasteiger partial charge on any atom is -0.486 e. The Morgan fingerprint density at radius 1 is 1.38 bits per heavy atom. The van der Waals surface area contributed by atoms with Crippen LogP contribution >= 0.6 is 11.3 Å². The normalized spacial score (nSPS) is 21.8. The SMILES string of the molecule is Cc1ccc(OCc2nc(CN3CC(CO)OCC3C)cs2)cc1. The van der Waals surface area contributed by atoms with E-state index in [0.29, 0.717) is 19.3 Å². The Labute approximate surface area is 146 Å². The minimum absolute atomic E-state index is 0.0654. The molecule has 24 heavy (non-hydrogen) atoms. The van der Waals surface area contributed by atoms with Crippen LogP contribution in [-0.2, 0) is 17.9 Å².